The Balaban J connectivity index is 2.76. The molecule has 0 radical (unpaired) electrons. The molecule has 0 aliphatic heterocycles. The molecule has 2 nitrogen and oxygen atoms in total. The highest BCUT2D eigenvalue weighted by atomic mass is 16.5. The lowest BCUT2D eigenvalue weighted by Gasteiger charge is -2.15. The van der Waals surface area contributed by atoms with Crippen LogP contribution in [0.4, 0.5) is 0 Å². The molecule has 88 valence electrons. The van der Waals surface area contributed by atoms with Crippen molar-refractivity contribution in [3.05, 3.63) is 42.0 Å². The van der Waals surface area contributed by atoms with Gasteiger partial charge in [-0.15, -0.1) is 6.58 Å². The molecule has 0 saturated heterocycles. The van der Waals surface area contributed by atoms with E-state index in [2.05, 4.69) is 31.0 Å². The topological polar surface area (TPSA) is 21.3 Å². The maximum absolute atomic E-state index is 5.77. The van der Waals surface area contributed by atoms with Crippen LogP contribution in [0.1, 0.15) is 25.0 Å². The van der Waals surface area contributed by atoms with Crippen LogP contribution in [0, 0.1) is 6.92 Å². The third kappa shape index (κ3) is 4.07. The van der Waals surface area contributed by atoms with E-state index >= 15 is 0 Å². The molecule has 1 N–H and O–H groups in total. The van der Waals surface area contributed by atoms with Gasteiger partial charge in [-0.3, -0.25) is 0 Å². The van der Waals surface area contributed by atoms with E-state index in [1.807, 2.05) is 26.0 Å². The van der Waals surface area contributed by atoms with Crippen LogP contribution >= 0.6 is 0 Å². The summed E-state index contributed by atoms with van der Waals surface area (Å²) in [6, 6.07) is 6.28. The number of hydrogen-bond donors (Lipinski definition) is 1. The summed E-state index contributed by atoms with van der Waals surface area (Å²) in [6.07, 6.45) is 2.07. The molecule has 0 spiro atoms. The van der Waals surface area contributed by atoms with Gasteiger partial charge >= 0.3 is 0 Å². The fourth-order valence-corrected chi connectivity index (χ4v) is 1.52. The van der Waals surface area contributed by atoms with Gasteiger partial charge in [-0.25, -0.2) is 0 Å². The third-order valence-corrected chi connectivity index (χ3v) is 2.18. The van der Waals surface area contributed by atoms with E-state index < -0.39 is 0 Å². The second kappa shape index (κ2) is 6.33. The first kappa shape index (κ1) is 12.8. The van der Waals surface area contributed by atoms with Crippen LogP contribution in [0.3, 0.4) is 0 Å². The monoisotopic (exact) mass is 219 g/mol. The van der Waals surface area contributed by atoms with Gasteiger partial charge < -0.3 is 10.1 Å². The number of benzene rings is 1. The molecule has 1 rings (SSSR count). The number of hydrogen-bond acceptors (Lipinski definition) is 2. The lowest BCUT2D eigenvalue weighted by molar-refractivity contribution is 0.239. The first-order valence-electron chi connectivity index (χ1n) is 5.71. The fraction of sp³-hybridized carbons (Fsp3) is 0.429. The van der Waals surface area contributed by atoms with Crippen LogP contribution in [-0.4, -0.2) is 12.6 Å². The fourth-order valence-electron chi connectivity index (χ4n) is 1.52. The zero-order chi connectivity index (χ0) is 12.0. The Morgan fingerprint density at radius 2 is 2.19 bits per heavy atom. The highest BCUT2D eigenvalue weighted by molar-refractivity contribution is 5.37. The molecule has 0 amide bonds. The molecule has 1 aromatic carbocycles. The lowest BCUT2D eigenvalue weighted by Crippen LogP contribution is -2.15. The molecule has 0 heterocycles. The molecular formula is C14H21NO. The average molecular weight is 219 g/mol. The summed E-state index contributed by atoms with van der Waals surface area (Å²) < 4.78 is 5.77. The molecule has 0 aliphatic carbocycles. The number of ether oxygens (including phenoxy) is 1. The van der Waals surface area contributed by atoms with Crippen molar-refractivity contribution in [3.63, 3.8) is 0 Å². The first-order valence-corrected chi connectivity index (χ1v) is 5.71. The molecule has 0 saturated carbocycles. The van der Waals surface area contributed by atoms with Crippen molar-refractivity contribution in [2.24, 2.45) is 0 Å². The first-order chi connectivity index (χ1) is 7.63. The Kier molecular flexibility index (Phi) is 5.06. The Hall–Kier alpha value is -1.28. The van der Waals surface area contributed by atoms with Crippen LogP contribution in [0.2, 0.25) is 0 Å². The molecular weight excluding hydrogens is 198 g/mol. The van der Waals surface area contributed by atoms with E-state index in [1.165, 1.54) is 11.1 Å². The Morgan fingerprint density at radius 3 is 2.81 bits per heavy atom. The van der Waals surface area contributed by atoms with Gasteiger partial charge in [-0.05, 0) is 26.8 Å². The van der Waals surface area contributed by atoms with Gasteiger partial charge in [0.1, 0.15) is 5.75 Å². The average Bonchev–Trinajstić information content (AvgIpc) is 2.22. The van der Waals surface area contributed by atoms with Crippen LogP contribution in [-0.2, 0) is 6.54 Å². The smallest absolute Gasteiger partial charge is 0.124 e. The summed E-state index contributed by atoms with van der Waals surface area (Å²) in [7, 11) is 0. The second-order valence-electron chi connectivity index (χ2n) is 4.20. The molecule has 0 fully saturated rings. The van der Waals surface area contributed by atoms with Crippen molar-refractivity contribution < 1.29 is 4.74 Å². The van der Waals surface area contributed by atoms with Gasteiger partial charge in [-0.1, -0.05) is 23.8 Å². The molecule has 0 unspecified atom stereocenters. The Labute approximate surface area is 98.3 Å². The molecule has 2 heteroatoms. The number of rotatable bonds is 6. The minimum atomic E-state index is 0.209. The van der Waals surface area contributed by atoms with Gasteiger partial charge in [0.05, 0.1) is 6.10 Å². The normalized spacial score (nSPS) is 10.5. The van der Waals surface area contributed by atoms with Gasteiger partial charge in [0.25, 0.3) is 0 Å². The summed E-state index contributed by atoms with van der Waals surface area (Å²) in [4.78, 5) is 0. The van der Waals surface area contributed by atoms with Crippen molar-refractivity contribution in [1.29, 1.82) is 0 Å². The maximum atomic E-state index is 5.77. The standard InChI is InChI=1S/C14H21NO/c1-5-8-15-10-13-9-12(4)6-7-14(13)16-11(2)3/h5-7,9,11,15H,1,8,10H2,2-4H3. The molecule has 16 heavy (non-hydrogen) atoms. The summed E-state index contributed by atoms with van der Waals surface area (Å²) in [5.74, 6) is 0.970. The summed E-state index contributed by atoms with van der Waals surface area (Å²) in [5.41, 5.74) is 2.46. The molecule has 0 bridgehead atoms. The number of nitrogens with one attached hydrogen (secondary N) is 1. The van der Waals surface area contributed by atoms with Crippen molar-refractivity contribution in [2.45, 2.75) is 33.4 Å². The van der Waals surface area contributed by atoms with Crippen LogP contribution < -0.4 is 10.1 Å². The largest absolute Gasteiger partial charge is 0.491 e. The zero-order valence-electron chi connectivity index (χ0n) is 10.4. The quantitative estimate of drug-likeness (QED) is 0.586. The zero-order valence-corrected chi connectivity index (χ0v) is 10.4. The summed E-state index contributed by atoms with van der Waals surface area (Å²) in [5, 5.41) is 3.29. The third-order valence-electron chi connectivity index (χ3n) is 2.18. The van der Waals surface area contributed by atoms with Crippen LogP contribution in [0.5, 0.6) is 5.75 Å². The second-order valence-corrected chi connectivity index (χ2v) is 4.20. The Morgan fingerprint density at radius 1 is 1.44 bits per heavy atom. The molecule has 0 atom stereocenters. The minimum Gasteiger partial charge on any atom is -0.491 e. The van der Waals surface area contributed by atoms with E-state index in [9.17, 15) is 0 Å². The van der Waals surface area contributed by atoms with Crippen LogP contribution in [0.15, 0.2) is 30.9 Å². The van der Waals surface area contributed by atoms with Crippen LogP contribution in [0.25, 0.3) is 0 Å². The lowest BCUT2D eigenvalue weighted by atomic mass is 10.1. The summed E-state index contributed by atoms with van der Waals surface area (Å²) >= 11 is 0. The van der Waals surface area contributed by atoms with Gasteiger partial charge in [-0.2, -0.15) is 0 Å². The summed E-state index contributed by atoms with van der Waals surface area (Å²) in [6.45, 7) is 11.5. The molecule has 0 aromatic heterocycles. The molecule has 1 aromatic rings. The number of aryl methyl sites for hydroxylation is 1. The SMILES string of the molecule is C=CCNCc1cc(C)ccc1OC(C)C. The highest BCUT2D eigenvalue weighted by Gasteiger charge is 2.05. The van der Waals surface area contributed by atoms with Gasteiger partial charge in [0.2, 0.25) is 0 Å². The highest BCUT2D eigenvalue weighted by Crippen LogP contribution is 2.21. The van der Waals surface area contributed by atoms with E-state index in [0.29, 0.717) is 0 Å². The molecule has 0 aliphatic rings. The van der Waals surface area contributed by atoms with E-state index in [0.717, 1.165) is 18.8 Å². The Bertz CT molecular complexity index is 345. The van der Waals surface area contributed by atoms with Gasteiger partial charge in [0, 0.05) is 18.7 Å². The predicted molar refractivity (Wildman–Crippen MR) is 68.8 cm³/mol. The van der Waals surface area contributed by atoms with Crippen molar-refractivity contribution >= 4 is 0 Å². The van der Waals surface area contributed by atoms with E-state index in [4.69, 9.17) is 4.74 Å². The van der Waals surface area contributed by atoms with Gasteiger partial charge in [0.15, 0.2) is 0 Å². The van der Waals surface area contributed by atoms with E-state index in [-0.39, 0.29) is 6.10 Å². The minimum absolute atomic E-state index is 0.209. The maximum Gasteiger partial charge on any atom is 0.124 e. The van der Waals surface area contributed by atoms with Crippen molar-refractivity contribution in [1.82, 2.24) is 5.32 Å². The van der Waals surface area contributed by atoms with E-state index in [1.54, 1.807) is 0 Å². The van der Waals surface area contributed by atoms with Crippen molar-refractivity contribution in [2.75, 3.05) is 6.54 Å². The predicted octanol–water partition coefficient (Wildman–Crippen LogP) is 3.06. The van der Waals surface area contributed by atoms with Crippen molar-refractivity contribution in [3.8, 4) is 5.75 Å².